The number of nitrogens with zero attached hydrogens (tertiary/aromatic N) is 1. The van der Waals surface area contributed by atoms with E-state index in [4.69, 9.17) is 11.6 Å². The molecular weight excluding hydrogens is 282 g/mol. The highest BCUT2D eigenvalue weighted by atomic mass is 35.5. The molecule has 1 aliphatic rings. The number of sulfonamides is 1. The van der Waals surface area contributed by atoms with Gasteiger partial charge in [-0.3, -0.25) is 0 Å². The lowest BCUT2D eigenvalue weighted by atomic mass is 9.98. The Morgan fingerprint density at radius 3 is 2.37 bits per heavy atom. The van der Waals surface area contributed by atoms with Gasteiger partial charge in [0.05, 0.1) is 10.9 Å². The second-order valence-corrected chi connectivity index (χ2v) is 7.89. The SMILES string of the molecule is CC(C)(C)C#CC1CN1S(=O)(=O)c1ccc(Cl)cc1. The number of hydrogen-bond acceptors (Lipinski definition) is 2. The third kappa shape index (κ3) is 3.50. The van der Waals surface area contributed by atoms with Crippen LogP contribution >= 0.6 is 11.6 Å². The first-order chi connectivity index (χ1) is 8.70. The fourth-order valence-corrected chi connectivity index (χ4v) is 3.15. The molecule has 0 amide bonds. The first-order valence-electron chi connectivity index (χ1n) is 6.00. The topological polar surface area (TPSA) is 37.1 Å². The zero-order valence-corrected chi connectivity index (χ0v) is 12.7. The normalized spacial score (nSPS) is 22.5. The Hall–Kier alpha value is -1.02. The summed E-state index contributed by atoms with van der Waals surface area (Å²) >= 11 is 5.75. The molecular formula is C14H16ClNO2S. The Morgan fingerprint density at radius 2 is 1.84 bits per heavy atom. The minimum Gasteiger partial charge on any atom is -0.207 e. The molecule has 1 aliphatic heterocycles. The summed E-state index contributed by atoms with van der Waals surface area (Å²) in [4.78, 5) is 0.261. The lowest BCUT2D eigenvalue weighted by Gasteiger charge is -2.07. The van der Waals surface area contributed by atoms with Crippen molar-refractivity contribution >= 4 is 21.6 Å². The van der Waals surface area contributed by atoms with Gasteiger partial charge in [-0.2, -0.15) is 4.31 Å². The number of benzene rings is 1. The highest BCUT2D eigenvalue weighted by molar-refractivity contribution is 7.89. The van der Waals surface area contributed by atoms with Crippen molar-refractivity contribution in [2.45, 2.75) is 31.7 Å². The average molecular weight is 298 g/mol. The summed E-state index contributed by atoms with van der Waals surface area (Å²) in [5.41, 5.74) is -0.113. The second kappa shape index (κ2) is 4.82. The van der Waals surface area contributed by atoms with Crippen molar-refractivity contribution in [3.05, 3.63) is 29.3 Å². The van der Waals surface area contributed by atoms with Gasteiger partial charge in [0.15, 0.2) is 0 Å². The fraction of sp³-hybridized carbons (Fsp3) is 0.429. The molecule has 0 saturated carbocycles. The smallest absolute Gasteiger partial charge is 0.207 e. The van der Waals surface area contributed by atoms with E-state index in [9.17, 15) is 8.42 Å². The van der Waals surface area contributed by atoms with Gasteiger partial charge in [-0.25, -0.2) is 8.42 Å². The molecule has 3 nitrogen and oxygen atoms in total. The molecule has 2 atom stereocenters. The lowest BCUT2D eigenvalue weighted by Crippen LogP contribution is -2.14. The lowest BCUT2D eigenvalue weighted by molar-refractivity contribution is 0.557. The van der Waals surface area contributed by atoms with Crippen LogP contribution in [0.15, 0.2) is 29.2 Å². The van der Waals surface area contributed by atoms with E-state index in [1.165, 1.54) is 16.4 Å². The van der Waals surface area contributed by atoms with Crippen molar-refractivity contribution in [3.8, 4) is 11.8 Å². The van der Waals surface area contributed by atoms with Crippen molar-refractivity contribution in [1.82, 2.24) is 4.31 Å². The molecule has 1 aromatic carbocycles. The Balaban J connectivity index is 2.16. The molecule has 2 unspecified atom stereocenters. The van der Waals surface area contributed by atoms with E-state index in [1.807, 2.05) is 20.8 Å². The van der Waals surface area contributed by atoms with Crippen LogP contribution in [-0.2, 0) is 10.0 Å². The van der Waals surface area contributed by atoms with Crippen molar-refractivity contribution in [2.24, 2.45) is 5.41 Å². The Labute approximate surface area is 119 Å². The van der Waals surface area contributed by atoms with Gasteiger partial charge >= 0.3 is 0 Å². The summed E-state index contributed by atoms with van der Waals surface area (Å²) in [6.07, 6.45) is 0. The maximum absolute atomic E-state index is 12.3. The molecule has 2 rings (SSSR count). The first kappa shape index (κ1) is 14.4. The Bertz CT molecular complexity index is 633. The molecule has 0 aliphatic carbocycles. The van der Waals surface area contributed by atoms with E-state index in [0.29, 0.717) is 11.6 Å². The fourth-order valence-electron chi connectivity index (χ4n) is 1.55. The minimum absolute atomic E-state index is 0.113. The number of hydrogen-bond donors (Lipinski definition) is 0. The molecule has 0 bridgehead atoms. The minimum atomic E-state index is -3.43. The summed E-state index contributed by atoms with van der Waals surface area (Å²) in [6.45, 7) is 6.47. The van der Waals surface area contributed by atoms with Crippen LogP contribution < -0.4 is 0 Å². The number of halogens is 1. The second-order valence-electron chi connectivity index (χ2n) is 5.56. The van der Waals surface area contributed by atoms with Gasteiger partial charge < -0.3 is 0 Å². The zero-order valence-electron chi connectivity index (χ0n) is 11.1. The maximum Gasteiger partial charge on any atom is 0.244 e. The van der Waals surface area contributed by atoms with E-state index in [-0.39, 0.29) is 16.4 Å². The zero-order chi connectivity index (χ0) is 14.3. The first-order valence-corrected chi connectivity index (χ1v) is 7.82. The van der Waals surface area contributed by atoms with Crippen LogP contribution in [0.1, 0.15) is 20.8 Å². The summed E-state index contributed by atoms with van der Waals surface area (Å²) in [6, 6.07) is 6.00. The molecule has 102 valence electrons. The van der Waals surface area contributed by atoms with Crippen molar-refractivity contribution in [3.63, 3.8) is 0 Å². The van der Waals surface area contributed by atoms with Gasteiger partial charge in [-0.05, 0) is 45.0 Å². The summed E-state index contributed by atoms with van der Waals surface area (Å²) in [5.74, 6) is 6.07. The third-order valence-electron chi connectivity index (χ3n) is 2.60. The van der Waals surface area contributed by atoms with Gasteiger partial charge in [-0.15, -0.1) is 0 Å². The standard InChI is InChI=1S/C14H16ClNO2S/c1-14(2,3)9-8-12-10-16(12)19(17,18)13-6-4-11(15)5-7-13/h4-7,12H,10H2,1-3H3. The molecule has 1 aromatic rings. The van der Waals surface area contributed by atoms with E-state index < -0.39 is 10.0 Å². The highest BCUT2D eigenvalue weighted by Gasteiger charge is 2.43. The third-order valence-corrected chi connectivity index (χ3v) is 4.74. The van der Waals surface area contributed by atoms with Crippen LogP contribution in [0.5, 0.6) is 0 Å². The molecule has 0 radical (unpaired) electrons. The summed E-state index contributed by atoms with van der Waals surface area (Å²) < 4.78 is 25.9. The molecule has 19 heavy (non-hydrogen) atoms. The summed E-state index contributed by atoms with van der Waals surface area (Å²) in [7, 11) is -3.43. The molecule has 0 spiro atoms. The van der Waals surface area contributed by atoms with Crippen LogP contribution in [0.2, 0.25) is 5.02 Å². The predicted molar refractivity (Wildman–Crippen MR) is 76.4 cm³/mol. The van der Waals surface area contributed by atoms with Gasteiger partial charge in [0.1, 0.15) is 0 Å². The molecule has 0 N–H and O–H groups in total. The molecule has 1 saturated heterocycles. The Morgan fingerprint density at radius 1 is 1.26 bits per heavy atom. The average Bonchev–Trinajstić information content (AvgIpc) is 3.06. The van der Waals surface area contributed by atoms with Gasteiger partial charge in [0.2, 0.25) is 10.0 Å². The summed E-state index contributed by atoms with van der Waals surface area (Å²) in [5, 5.41) is 0.522. The molecule has 1 fully saturated rings. The van der Waals surface area contributed by atoms with E-state index in [1.54, 1.807) is 12.1 Å². The van der Waals surface area contributed by atoms with Crippen LogP contribution in [0, 0.1) is 17.3 Å². The van der Waals surface area contributed by atoms with E-state index >= 15 is 0 Å². The quantitative estimate of drug-likeness (QED) is 0.622. The van der Waals surface area contributed by atoms with Crippen LogP contribution in [-0.4, -0.2) is 25.3 Å². The van der Waals surface area contributed by atoms with Crippen LogP contribution in [0.3, 0.4) is 0 Å². The van der Waals surface area contributed by atoms with Crippen molar-refractivity contribution in [2.75, 3.05) is 6.54 Å². The van der Waals surface area contributed by atoms with Gasteiger partial charge in [0, 0.05) is 17.0 Å². The van der Waals surface area contributed by atoms with Gasteiger partial charge in [-0.1, -0.05) is 23.4 Å². The van der Waals surface area contributed by atoms with Crippen LogP contribution in [0.4, 0.5) is 0 Å². The largest absolute Gasteiger partial charge is 0.244 e. The molecule has 5 heteroatoms. The maximum atomic E-state index is 12.3. The van der Waals surface area contributed by atoms with E-state index in [0.717, 1.165) is 0 Å². The predicted octanol–water partition coefficient (Wildman–Crippen LogP) is 2.76. The van der Waals surface area contributed by atoms with Crippen molar-refractivity contribution < 1.29 is 8.42 Å². The van der Waals surface area contributed by atoms with Gasteiger partial charge in [0.25, 0.3) is 0 Å². The van der Waals surface area contributed by atoms with Crippen molar-refractivity contribution in [1.29, 1.82) is 0 Å². The monoisotopic (exact) mass is 297 g/mol. The number of rotatable bonds is 2. The Kier molecular flexibility index (Phi) is 3.65. The van der Waals surface area contributed by atoms with Crippen LogP contribution in [0.25, 0.3) is 0 Å². The van der Waals surface area contributed by atoms with E-state index in [2.05, 4.69) is 11.8 Å². The molecule has 1 heterocycles. The highest BCUT2D eigenvalue weighted by Crippen LogP contribution is 2.28. The molecule has 0 aromatic heterocycles.